The first kappa shape index (κ1) is 23.2. The Balaban J connectivity index is 1.47. The molecule has 0 amide bonds. The van der Waals surface area contributed by atoms with Crippen molar-refractivity contribution < 1.29 is 19.1 Å². The summed E-state index contributed by atoms with van der Waals surface area (Å²) in [6.07, 6.45) is 9.85. The Hall–Kier alpha value is -2.93. The standard InChI is InChI=1S/C29H32O4/c1-2-33-26(31)18-24-20-29(28(32)27(24)23-11-7-4-8-12-23)16-15-22(19-29)17-25(30)14-13-21-9-5-3-6-10-21/h3,5-6,9-11,22H,2,4,7-8,12,15-20H2,1H3. The van der Waals surface area contributed by atoms with E-state index in [0.29, 0.717) is 25.9 Å². The third-order valence-corrected chi connectivity index (χ3v) is 7.19. The summed E-state index contributed by atoms with van der Waals surface area (Å²) in [5, 5.41) is 0. The monoisotopic (exact) mass is 444 g/mol. The molecule has 2 unspecified atom stereocenters. The van der Waals surface area contributed by atoms with Crippen molar-refractivity contribution in [3.8, 4) is 11.8 Å². The summed E-state index contributed by atoms with van der Waals surface area (Å²) < 4.78 is 5.20. The van der Waals surface area contributed by atoms with Gasteiger partial charge in [0.2, 0.25) is 5.78 Å². The second kappa shape index (κ2) is 10.3. The molecule has 172 valence electrons. The molecule has 0 radical (unpaired) electrons. The van der Waals surface area contributed by atoms with Gasteiger partial charge in [-0.2, -0.15) is 0 Å². The highest BCUT2D eigenvalue weighted by Gasteiger charge is 2.51. The lowest BCUT2D eigenvalue weighted by Gasteiger charge is -2.23. The Labute approximate surface area is 196 Å². The zero-order valence-corrected chi connectivity index (χ0v) is 19.5. The molecule has 0 heterocycles. The Morgan fingerprint density at radius 3 is 2.73 bits per heavy atom. The van der Waals surface area contributed by atoms with E-state index >= 15 is 0 Å². The fourth-order valence-electron chi connectivity index (χ4n) is 5.73. The molecule has 1 spiro atoms. The van der Waals surface area contributed by atoms with Crippen LogP contribution >= 0.6 is 0 Å². The molecule has 1 aromatic carbocycles. The first-order valence-corrected chi connectivity index (χ1v) is 12.2. The molecule has 0 saturated heterocycles. The Morgan fingerprint density at radius 2 is 2.00 bits per heavy atom. The minimum atomic E-state index is -0.465. The van der Waals surface area contributed by atoms with Crippen LogP contribution < -0.4 is 0 Å². The smallest absolute Gasteiger partial charge is 0.309 e. The van der Waals surface area contributed by atoms with E-state index in [2.05, 4.69) is 17.9 Å². The van der Waals surface area contributed by atoms with Gasteiger partial charge in [0, 0.05) is 23.0 Å². The summed E-state index contributed by atoms with van der Waals surface area (Å²) in [5.74, 6) is 5.75. The van der Waals surface area contributed by atoms with Crippen molar-refractivity contribution in [3.05, 3.63) is 58.7 Å². The topological polar surface area (TPSA) is 60.4 Å². The van der Waals surface area contributed by atoms with Crippen LogP contribution in [0.25, 0.3) is 0 Å². The molecular formula is C29H32O4. The average Bonchev–Trinajstić information content (AvgIpc) is 3.34. The second-order valence-corrected chi connectivity index (χ2v) is 9.57. The maximum Gasteiger partial charge on any atom is 0.309 e. The maximum absolute atomic E-state index is 13.8. The fraction of sp³-hybridized carbons (Fsp3) is 0.483. The van der Waals surface area contributed by atoms with Crippen LogP contribution in [0.5, 0.6) is 0 Å². The molecule has 0 bridgehead atoms. The van der Waals surface area contributed by atoms with Gasteiger partial charge < -0.3 is 4.74 Å². The van der Waals surface area contributed by atoms with Crippen LogP contribution in [0.2, 0.25) is 0 Å². The molecule has 33 heavy (non-hydrogen) atoms. The van der Waals surface area contributed by atoms with E-state index < -0.39 is 5.41 Å². The summed E-state index contributed by atoms with van der Waals surface area (Å²) in [6.45, 7) is 2.15. The Kier molecular flexibility index (Phi) is 7.28. The van der Waals surface area contributed by atoms with E-state index in [1.54, 1.807) is 6.92 Å². The molecular weight excluding hydrogens is 412 g/mol. The van der Waals surface area contributed by atoms with E-state index in [4.69, 9.17) is 4.74 Å². The van der Waals surface area contributed by atoms with Crippen molar-refractivity contribution in [3.63, 3.8) is 0 Å². The van der Waals surface area contributed by atoms with Crippen LogP contribution in [-0.4, -0.2) is 24.1 Å². The molecule has 4 rings (SSSR count). The van der Waals surface area contributed by atoms with Crippen LogP contribution in [0, 0.1) is 23.2 Å². The van der Waals surface area contributed by atoms with Crippen molar-refractivity contribution in [1.29, 1.82) is 0 Å². The van der Waals surface area contributed by atoms with E-state index in [9.17, 15) is 14.4 Å². The first-order chi connectivity index (χ1) is 16.0. The highest BCUT2D eigenvalue weighted by atomic mass is 16.5. The normalized spacial score (nSPS) is 24.5. The van der Waals surface area contributed by atoms with Gasteiger partial charge in [-0.05, 0) is 93.4 Å². The van der Waals surface area contributed by atoms with Gasteiger partial charge in [-0.25, -0.2) is 0 Å². The number of carbonyl (C=O) groups excluding carboxylic acids is 3. The zero-order chi connectivity index (χ0) is 23.3. The third-order valence-electron chi connectivity index (χ3n) is 7.19. The fourth-order valence-corrected chi connectivity index (χ4v) is 5.73. The van der Waals surface area contributed by atoms with Gasteiger partial charge in [0.1, 0.15) is 0 Å². The van der Waals surface area contributed by atoms with Crippen LogP contribution in [0.1, 0.15) is 76.7 Å². The number of esters is 1. The quantitative estimate of drug-likeness (QED) is 0.429. The summed E-state index contributed by atoms with van der Waals surface area (Å²) in [7, 11) is 0. The molecule has 4 heteroatoms. The number of carbonyl (C=O) groups is 3. The predicted octanol–water partition coefficient (Wildman–Crippen LogP) is 5.51. The lowest BCUT2D eigenvalue weighted by atomic mass is 9.78. The largest absolute Gasteiger partial charge is 0.466 e. The summed E-state index contributed by atoms with van der Waals surface area (Å²) in [5.41, 5.74) is 3.24. The van der Waals surface area contributed by atoms with Gasteiger partial charge in [-0.15, -0.1) is 0 Å². The van der Waals surface area contributed by atoms with Gasteiger partial charge >= 0.3 is 5.97 Å². The van der Waals surface area contributed by atoms with Crippen molar-refractivity contribution in [2.75, 3.05) is 6.61 Å². The van der Waals surface area contributed by atoms with Gasteiger partial charge in [0.15, 0.2) is 5.78 Å². The molecule has 1 aromatic rings. The summed E-state index contributed by atoms with van der Waals surface area (Å²) in [6, 6.07) is 9.51. The molecule has 2 atom stereocenters. The Morgan fingerprint density at radius 1 is 1.18 bits per heavy atom. The summed E-state index contributed by atoms with van der Waals surface area (Å²) in [4.78, 5) is 38.6. The van der Waals surface area contributed by atoms with E-state index in [-0.39, 0.29) is 29.9 Å². The van der Waals surface area contributed by atoms with Crippen molar-refractivity contribution >= 4 is 17.5 Å². The number of benzene rings is 1. The van der Waals surface area contributed by atoms with Gasteiger partial charge in [0.05, 0.1) is 13.0 Å². The molecule has 0 aliphatic heterocycles. The Bertz CT molecular complexity index is 1050. The van der Waals surface area contributed by atoms with Crippen LogP contribution in [0.3, 0.4) is 0 Å². The average molecular weight is 445 g/mol. The van der Waals surface area contributed by atoms with Crippen LogP contribution in [0.4, 0.5) is 0 Å². The molecule has 3 aliphatic rings. The number of ketones is 2. The van der Waals surface area contributed by atoms with Crippen molar-refractivity contribution in [2.45, 2.75) is 71.1 Å². The highest BCUT2D eigenvalue weighted by Crippen LogP contribution is 2.55. The molecule has 4 nitrogen and oxygen atoms in total. The molecule has 1 fully saturated rings. The third kappa shape index (κ3) is 5.36. The summed E-state index contributed by atoms with van der Waals surface area (Å²) >= 11 is 0. The van der Waals surface area contributed by atoms with Gasteiger partial charge in [-0.3, -0.25) is 14.4 Å². The SMILES string of the molecule is CCOC(=O)CC1=C(C2=CCCCC2)C(=O)C2(CCC(CC(=O)C#Cc3ccccc3)C2)C1. The lowest BCUT2D eigenvalue weighted by molar-refractivity contribution is -0.142. The molecule has 3 aliphatic carbocycles. The van der Waals surface area contributed by atoms with E-state index in [1.807, 2.05) is 30.3 Å². The first-order valence-electron chi connectivity index (χ1n) is 12.2. The molecule has 0 aromatic heterocycles. The van der Waals surface area contributed by atoms with E-state index in [0.717, 1.165) is 60.8 Å². The number of ether oxygens (including phenoxy) is 1. The predicted molar refractivity (Wildman–Crippen MR) is 127 cm³/mol. The second-order valence-electron chi connectivity index (χ2n) is 9.57. The number of rotatable bonds is 6. The van der Waals surface area contributed by atoms with Crippen molar-refractivity contribution in [1.82, 2.24) is 0 Å². The minimum absolute atomic E-state index is 0.0683. The van der Waals surface area contributed by atoms with E-state index in [1.165, 1.54) is 0 Å². The highest BCUT2D eigenvalue weighted by molar-refractivity contribution is 6.08. The minimum Gasteiger partial charge on any atom is -0.466 e. The lowest BCUT2D eigenvalue weighted by Crippen LogP contribution is -2.25. The maximum atomic E-state index is 13.8. The van der Waals surface area contributed by atoms with Crippen LogP contribution in [-0.2, 0) is 19.1 Å². The number of hydrogen-bond donors (Lipinski definition) is 0. The van der Waals surface area contributed by atoms with Gasteiger partial charge in [0.25, 0.3) is 0 Å². The zero-order valence-electron chi connectivity index (χ0n) is 19.5. The molecule has 0 N–H and O–H groups in total. The number of Topliss-reactive ketones (excluding diaryl/α,β-unsaturated/α-hetero) is 2. The van der Waals surface area contributed by atoms with Crippen molar-refractivity contribution in [2.24, 2.45) is 11.3 Å². The number of allylic oxidation sites excluding steroid dienone is 3. The van der Waals surface area contributed by atoms with Gasteiger partial charge in [-0.1, -0.05) is 30.2 Å². The molecule has 1 saturated carbocycles. The van der Waals surface area contributed by atoms with Crippen LogP contribution in [0.15, 0.2) is 53.1 Å². The number of hydrogen-bond acceptors (Lipinski definition) is 4.